The van der Waals surface area contributed by atoms with E-state index in [1.165, 1.54) is 0 Å². The van der Waals surface area contributed by atoms with E-state index in [1.807, 2.05) is 32.0 Å². The molecule has 36 heavy (non-hydrogen) atoms. The smallest absolute Gasteiger partial charge is 0.408 e. The van der Waals surface area contributed by atoms with Crippen LogP contribution in [0.2, 0.25) is 0 Å². The molecule has 1 rings (SSSR count). The predicted molar refractivity (Wildman–Crippen MR) is 146 cm³/mol. The van der Waals surface area contributed by atoms with Crippen LogP contribution in [-0.4, -0.2) is 47.5 Å². The molecule has 2 unspecified atom stereocenters. The molecule has 0 saturated heterocycles. The van der Waals surface area contributed by atoms with Crippen molar-refractivity contribution in [2.45, 2.75) is 118 Å². The van der Waals surface area contributed by atoms with Gasteiger partial charge in [0.1, 0.15) is 17.7 Å². The number of hydrogen-bond acceptors (Lipinski definition) is 4. The minimum Gasteiger partial charge on any atom is -0.444 e. The summed E-state index contributed by atoms with van der Waals surface area (Å²) in [6.07, 6.45) is 6.30. The highest BCUT2D eigenvalue weighted by molar-refractivity contribution is 5.92. The summed E-state index contributed by atoms with van der Waals surface area (Å²) in [4.78, 5) is 41.5. The van der Waals surface area contributed by atoms with E-state index < -0.39 is 23.8 Å². The van der Waals surface area contributed by atoms with Gasteiger partial charge in [0.15, 0.2) is 0 Å². The molecule has 0 aliphatic rings. The van der Waals surface area contributed by atoms with E-state index in [2.05, 4.69) is 24.5 Å². The van der Waals surface area contributed by atoms with Crippen molar-refractivity contribution in [1.82, 2.24) is 15.5 Å². The standard InChI is InChI=1S/C29H49N3O4/c1-9-11-13-14-15-20-32(27(34)23(5)31-28(35)36-29(6,7)8)25(26(33)30-19-12-10-2)24-21(3)17-16-18-22(24)4/h16-18,23,25H,9-15,19-20H2,1-8H3,(H,30,33)(H,31,35). The Kier molecular flexibility index (Phi) is 13.6. The topological polar surface area (TPSA) is 87.7 Å². The number of amides is 3. The van der Waals surface area contributed by atoms with Crippen LogP contribution >= 0.6 is 0 Å². The minimum absolute atomic E-state index is 0.188. The first-order valence-corrected chi connectivity index (χ1v) is 13.6. The molecule has 0 bridgehead atoms. The summed E-state index contributed by atoms with van der Waals surface area (Å²) in [6.45, 7) is 16.2. The molecular weight excluding hydrogens is 454 g/mol. The Morgan fingerprint density at radius 1 is 0.944 bits per heavy atom. The molecule has 0 aromatic heterocycles. The molecule has 0 fully saturated rings. The zero-order chi connectivity index (χ0) is 27.3. The number of nitrogens with one attached hydrogen (secondary N) is 2. The summed E-state index contributed by atoms with van der Waals surface area (Å²) in [6, 6.07) is 4.29. The number of alkyl carbamates (subject to hydrolysis) is 1. The average Bonchev–Trinajstić information content (AvgIpc) is 2.77. The van der Waals surface area contributed by atoms with Gasteiger partial charge in [-0.15, -0.1) is 0 Å². The van der Waals surface area contributed by atoms with Crippen molar-refractivity contribution in [3.8, 4) is 0 Å². The fourth-order valence-electron chi connectivity index (χ4n) is 4.22. The molecule has 0 radical (unpaired) electrons. The Hall–Kier alpha value is -2.57. The number of carbonyl (C=O) groups excluding carboxylic acids is 3. The predicted octanol–water partition coefficient (Wildman–Crippen LogP) is 5.97. The van der Waals surface area contributed by atoms with Crippen LogP contribution in [-0.2, 0) is 14.3 Å². The van der Waals surface area contributed by atoms with Crippen molar-refractivity contribution in [2.75, 3.05) is 13.1 Å². The van der Waals surface area contributed by atoms with Crippen LogP contribution in [0.1, 0.15) is 109 Å². The molecule has 0 aliphatic heterocycles. The third kappa shape index (κ3) is 10.6. The second-order valence-electron chi connectivity index (χ2n) is 10.7. The highest BCUT2D eigenvalue weighted by Crippen LogP contribution is 2.29. The molecule has 0 saturated carbocycles. The van der Waals surface area contributed by atoms with Crippen LogP contribution in [0.3, 0.4) is 0 Å². The number of hydrogen-bond donors (Lipinski definition) is 2. The van der Waals surface area contributed by atoms with Crippen molar-refractivity contribution < 1.29 is 19.1 Å². The Balaban J connectivity index is 3.34. The number of benzene rings is 1. The third-order valence-electron chi connectivity index (χ3n) is 6.09. The van der Waals surface area contributed by atoms with Crippen LogP contribution in [0.25, 0.3) is 0 Å². The van der Waals surface area contributed by atoms with E-state index in [1.54, 1.807) is 32.6 Å². The molecule has 0 heterocycles. The maximum Gasteiger partial charge on any atom is 0.408 e. The summed E-state index contributed by atoms with van der Waals surface area (Å²) in [5.74, 6) is -0.484. The second-order valence-corrected chi connectivity index (χ2v) is 10.7. The SMILES string of the molecule is CCCCCCCN(C(=O)C(C)NC(=O)OC(C)(C)C)C(C(=O)NCCCC)c1c(C)cccc1C. The summed E-state index contributed by atoms with van der Waals surface area (Å²) in [5, 5.41) is 5.72. The van der Waals surface area contributed by atoms with Crippen molar-refractivity contribution >= 4 is 17.9 Å². The van der Waals surface area contributed by atoms with Gasteiger partial charge in [0.05, 0.1) is 0 Å². The Morgan fingerprint density at radius 2 is 1.53 bits per heavy atom. The van der Waals surface area contributed by atoms with Gasteiger partial charge in [-0.2, -0.15) is 0 Å². The summed E-state index contributed by atoms with van der Waals surface area (Å²) in [7, 11) is 0. The van der Waals surface area contributed by atoms with Crippen LogP contribution in [0.15, 0.2) is 18.2 Å². The first-order chi connectivity index (χ1) is 16.9. The van der Waals surface area contributed by atoms with Gasteiger partial charge >= 0.3 is 6.09 Å². The second kappa shape index (κ2) is 15.5. The van der Waals surface area contributed by atoms with Crippen molar-refractivity contribution in [1.29, 1.82) is 0 Å². The molecule has 7 nitrogen and oxygen atoms in total. The lowest BCUT2D eigenvalue weighted by atomic mass is 9.93. The molecule has 0 aliphatic carbocycles. The number of rotatable bonds is 14. The zero-order valence-electron chi connectivity index (χ0n) is 23.8. The first kappa shape index (κ1) is 31.5. The van der Waals surface area contributed by atoms with Gasteiger partial charge < -0.3 is 20.3 Å². The Labute approximate surface area is 218 Å². The third-order valence-corrected chi connectivity index (χ3v) is 6.09. The van der Waals surface area contributed by atoms with Gasteiger partial charge in [-0.3, -0.25) is 9.59 Å². The molecule has 0 spiro atoms. The van der Waals surface area contributed by atoms with E-state index in [-0.39, 0.29) is 11.8 Å². The lowest BCUT2D eigenvalue weighted by Gasteiger charge is -2.35. The molecule has 2 N–H and O–H groups in total. The van der Waals surface area contributed by atoms with Gasteiger partial charge in [-0.25, -0.2) is 4.79 Å². The lowest BCUT2D eigenvalue weighted by molar-refractivity contribution is -0.142. The zero-order valence-corrected chi connectivity index (χ0v) is 23.8. The molecule has 1 aromatic rings. The number of carbonyl (C=O) groups is 3. The molecule has 1 aromatic carbocycles. The maximum absolute atomic E-state index is 13.8. The Bertz CT molecular complexity index is 827. The maximum atomic E-state index is 13.8. The van der Waals surface area contributed by atoms with E-state index in [9.17, 15) is 14.4 Å². The fourth-order valence-corrected chi connectivity index (χ4v) is 4.22. The van der Waals surface area contributed by atoms with Gasteiger partial charge in [-0.05, 0) is 71.1 Å². The van der Waals surface area contributed by atoms with Gasteiger partial charge in [0.2, 0.25) is 11.8 Å². The number of unbranched alkanes of at least 4 members (excludes halogenated alkanes) is 5. The summed E-state index contributed by atoms with van der Waals surface area (Å²) < 4.78 is 5.36. The number of ether oxygens (including phenoxy) is 1. The van der Waals surface area contributed by atoms with Crippen molar-refractivity contribution in [3.63, 3.8) is 0 Å². The van der Waals surface area contributed by atoms with Crippen LogP contribution in [0.4, 0.5) is 4.79 Å². The monoisotopic (exact) mass is 503 g/mol. The molecule has 2 atom stereocenters. The number of aryl methyl sites for hydroxylation is 2. The largest absolute Gasteiger partial charge is 0.444 e. The summed E-state index contributed by atoms with van der Waals surface area (Å²) >= 11 is 0. The van der Waals surface area contributed by atoms with E-state index in [4.69, 9.17) is 4.74 Å². The fraction of sp³-hybridized carbons (Fsp3) is 0.690. The highest BCUT2D eigenvalue weighted by Gasteiger charge is 2.35. The van der Waals surface area contributed by atoms with Crippen LogP contribution < -0.4 is 10.6 Å². The van der Waals surface area contributed by atoms with Gasteiger partial charge in [0, 0.05) is 13.1 Å². The number of nitrogens with zero attached hydrogens (tertiary/aromatic N) is 1. The van der Waals surface area contributed by atoms with Crippen LogP contribution in [0, 0.1) is 13.8 Å². The molecule has 7 heteroatoms. The van der Waals surface area contributed by atoms with E-state index >= 15 is 0 Å². The van der Waals surface area contributed by atoms with E-state index in [0.29, 0.717) is 13.1 Å². The highest BCUT2D eigenvalue weighted by atomic mass is 16.6. The van der Waals surface area contributed by atoms with Gasteiger partial charge in [-0.1, -0.05) is 64.2 Å². The molecular formula is C29H49N3O4. The normalized spacial score (nSPS) is 13.0. The quantitative estimate of drug-likeness (QED) is 0.306. The van der Waals surface area contributed by atoms with Crippen molar-refractivity contribution in [2.24, 2.45) is 0 Å². The summed E-state index contributed by atoms with van der Waals surface area (Å²) in [5.41, 5.74) is 2.09. The lowest BCUT2D eigenvalue weighted by Crippen LogP contribution is -2.52. The van der Waals surface area contributed by atoms with Crippen molar-refractivity contribution in [3.05, 3.63) is 34.9 Å². The molecule has 3 amide bonds. The molecule has 204 valence electrons. The Morgan fingerprint density at radius 3 is 2.08 bits per heavy atom. The first-order valence-electron chi connectivity index (χ1n) is 13.6. The minimum atomic E-state index is -0.842. The van der Waals surface area contributed by atoms with Crippen LogP contribution in [0.5, 0.6) is 0 Å². The van der Waals surface area contributed by atoms with E-state index in [0.717, 1.165) is 61.6 Å². The van der Waals surface area contributed by atoms with Gasteiger partial charge in [0.25, 0.3) is 0 Å². The average molecular weight is 504 g/mol.